The van der Waals surface area contributed by atoms with Gasteiger partial charge in [-0.05, 0) is 37.5 Å². The molecule has 1 heterocycles. The number of para-hydroxylation sites is 1. The fourth-order valence-electron chi connectivity index (χ4n) is 3.75. The highest BCUT2D eigenvalue weighted by molar-refractivity contribution is 5.76. The van der Waals surface area contributed by atoms with E-state index in [1.54, 1.807) is 25.3 Å². The first-order valence-electron chi connectivity index (χ1n) is 10.9. The maximum Gasteiger partial charge on any atom is 0.223 e. The van der Waals surface area contributed by atoms with Gasteiger partial charge in [0.25, 0.3) is 0 Å². The van der Waals surface area contributed by atoms with Crippen LogP contribution < -0.4 is 14.2 Å². The summed E-state index contributed by atoms with van der Waals surface area (Å²) in [5, 5.41) is 9.01. The van der Waals surface area contributed by atoms with E-state index in [9.17, 15) is 4.79 Å². The molecule has 0 N–H and O–H groups in total. The number of rotatable bonds is 11. The monoisotopic (exact) mass is 438 g/mol. The van der Waals surface area contributed by atoms with Crippen LogP contribution in [0.3, 0.4) is 0 Å². The second-order valence-electron chi connectivity index (χ2n) is 7.65. The summed E-state index contributed by atoms with van der Waals surface area (Å²) in [4.78, 5) is 14.9. The summed E-state index contributed by atoms with van der Waals surface area (Å²) < 4.78 is 22.3. The van der Waals surface area contributed by atoms with Gasteiger partial charge in [-0.3, -0.25) is 4.79 Å². The van der Waals surface area contributed by atoms with Gasteiger partial charge in [0.15, 0.2) is 11.5 Å². The van der Waals surface area contributed by atoms with Gasteiger partial charge in [0, 0.05) is 37.7 Å². The number of benzene rings is 2. The van der Waals surface area contributed by atoms with E-state index in [1.165, 1.54) is 7.11 Å². The first kappa shape index (κ1) is 23.4. The summed E-state index contributed by atoms with van der Waals surface area (Å²) in [6.45, 7) is 2.17. The lowest BCUT2D eigenvalue weighted by Crippen LogP contribution is -2.37. The predicted molar refractivity (Wildman–Crippen MR) is 120 cm³/mol. The quantitative estimate of drug-likeness (QED) is 0.494. The molecule has 1 atom stereocenters. The number of hydrogen-bond acceptors (Lipinski definition) is 6. The molecular formula is C25H30N2O5. The van der Waals surface area contributed by atoms with Crippen LogP contribution in [0.15, 0.2) is 42.5 Å². The van der Waals surface area contributed by atoms with Gasteiger partial charge in [-0.2, -0.15) is 5.26 Å². The Morgan fingerprint density at radius 2 is 1.97 bits per heavy atom. The molecule has 1 unspecified atom stereocenters. The summed E-state index contributed by atoms with van der Waals surface area (Å²) >= 11 is 0. The molecule has 0 aliphatic carbocycles. The minimum Gasteiger partial charge on any atom is -0.496 e. The zero-order valence-electron chi connectivity index (χ0n) is 18.7. The van der Waals surface area contributed by atoms with Crippen molar-refractivity contribution in [3.05, 3.63) is 53.6 Å². The van der Waals surface area contributed by atoms with E-state index in [-0.39, 0.29) is 12.0 Å². The molecule has 7 nitrogen and oxygen atoms in total. The molecule has 1 fully saturated rings. The zero-order chi connectivity index (χ0) is 22.8. The first-order chi connectivity index (χ1) is 15.6. The van der Waals surface area contributed by atoms with E-state index >= 15 is 0 Å². The maximum absolute atomic E-state index is 13.1. The third kappa shape index (κ3) is 6.38. The Bertz CT molecular complexity index is 934. The maximum atomic E-state index is 13.1. The summed E-state index contributed by atoms with van der Waals surface area (Å²) in [6, 6.07) is 14.9. The van der Waals surface area contributed by atoms with E-state index in [4.69, 9.17) is 24.2 Å². The van der Waals surface area contributed by atoms with Crippen molar-refractivity contribution in [2.75, 3.05) is 34.0 Å². The number of ether oxygens (including phenoxy) is 4. The topological polar surface area (TPSA) is 81.0 Å². The third-order valence-electron chi connectivity index (χ3n) is 5.44. The minimum atomic E-state index is 0.0572. The van der Waals surface area contributed by atoms with Crippen molar-refractivity contribution in [1.29, 1.82) is 5.26 Å². The van der Waals surface area contributed by atoms with Gasteiger partial charge < -0.3 is 23.8 Å². The number of carbonyl (C=O) groups excluding carboxylic acids is 1. The Balaban J connectivity index is 1.58. The highest BCUT2D eigenvalue weighted by Gasteiger charge is 2.23. The van der Waals surface area contributed by atoms with E-state index in [0.29, 0.717) is 49.6 Å². The highest BCUT2D eigenvalue weighted by Crippen LogP contribution is 2.28. The number of amides is 1. The number of nitrogens with zero attached hydrogens (tertiary/aromatic N) is 2. The van der Waals surface area contributed by atoms with Gasteiger partial charge in [0.1, 0.15) is 5.75 Å². The van der Waals surface area contributed by atoms with Crippen LogP contribution in [0, 0.1) is 11.3 Å². The van der Waals surface area contributed by atoms with Crippen molar-refractivity contribution in [3.63, 3.8) is 0 Å². The molecule has 0 saturated carbocycles. The molecule has 7 heteroatoms. The van der Waals surface area contributed by atoms with Crippen LogP contribution in [0.5, 0.6) is 17.2 Å². The van der Waals surface area contributed by atoms with Crippen LogP contribution in [-0.4, -0.2) is 50.9 Å². The molecule has 170 valence electrons. The predicted octanol–water partition coefficient (Wildman–Crippen LogP) is 3.94. The van der Waals surface area contributed by atoms with Gasteiger partial charge in [-0.15, -0.1) is 0 Å². The minimum absolute atomic E-state index is 0.0572. The first-order valence-corrected chi connectivity index (χ1v) is 10.9. The van der Waals surface area contributed by atoms with Crippen molar-refractivity contribution in [2.45, 2.75) is 38.3 Å². The Morgan fingerprint density at radius 1 is 1.16 bits per heavy atom. The molecule has 2 aromatic rings. The van der Waals surface area contributed by atoms with E-state index in [2.05, 4.69) is 6.07 Å². The molecule has 0 bridgehead atoms. The molecule has 1 aliphatic rings. The standard InChI is InChI=1S/C25H30N2O5/c1-29-22-9-4-3-7-20(22)17-27(18-21-8-5-13-31-21)25(28)10-6-14-32-23-12-11-19(16-26)15-24(23)30-2/h3-4,7,9,11-12,15,21H,5-6,8,10,13-14,17-18H2,1-2H3. The molecule has 0 spiro atoms. The smallest absolute Gasteiger partial charge is 0.223 e. The molecule has 1 aliphatic heterocycles. The van der Waals surface area contributed by atoms with Crippen LogP contribution in [0.25, 0.3) is 0 Å². The number of nitriles is 1. The molecule has 1 saturated heterocycles. The third-order valence-corrected chi connectivity index (χ3v) is 5.44. The Labute approximate surface area is 189 Å². The number of carbonyl (C=O) groups is 1. The second kappa shape index (κ2) is 12.0. The van der Waals surface area contributed by atoms with Crippen LogP contribution >= 0.6 is 0 Å². The van der Waals surface area contributed by atoms with E-state index in [0.717, 1.165) is 30.8 Å². The van der Waals surface area contributed by atoms with Gasteiger partial charge in [0.05, 0.1) is 38.6 Å². The van der Waals surface area contributed by atoms with Gasteiger partial charge in [-0.25, -0.2) is 0 Å². The molecule has 32 heavy (non-hydrogen) atoms. The normalized spacial score (nSPS) is 15.1. The van der Waals surface area contributed by atoms with Crippen LogP contribution in [0.2, 0.25) is 0 Å². The molecule has 0 aromatic heterocycles. The molecule has 3 rings (SSSR count). The van der Waals surface area contributed by atoms with Crippen LogP contribution in [0.4, 0.5) is 0 Å². The van der Waals surface area contributed by atoms with Crippen LogP contribution in [0.1, 0.15) is 36.8 Å². The van der Waals surface area contributed by atoms with E-state index < -0.39 is 0 Å². The van der Waals surface area contributed by atoms with Gasteiger partial charge >= 0.3 is 0 Å². The van der Waals surface area contributed by atoms with Crippen molar-refractivity contribution in [3.8, 4) is 23.3 Å². The zero-order valence-corrected chi connectivity index (χ0v) is 18.7. The lowest BCUT2D eigenvalue weighted by molar-refractivity contribution is -0.133. The largest absolute Gasteiger partial charge is 0.496 e. The highest BCUT2D eigenvalue weighted by atomic mass is 16.5. The van der Waals surface area contributed by atoms with Crippen molar-refractivity contribution in [2.24, 2.45) is 0 Å². The summed E-state index contributed by atoms with van der Waals surface area (Å²) in [7, 11) is 3.17. The average molecular weight is 439 g/mol. The molecular weight excluding hydrogens is 408 g/mol. The Morgan fingerprint density at radius 3 is 2.69 bits per heavy atom. The summed E-state index contributed by atoms with van der Waals surface area (Å²) in [5.41, 5.74) is 1.48. The Hall–Kier alpha value is -3.24. The Kier molecular flexibility index (Phi) is 8.76. The fraction of sp³-hybridized carbons (Fsp3) is 0.440. The van der Waals surface area contributed by atoms with Crippen molar-refractivity contribution >= 4 is 5.91 Å². The number of methoxy groups -OCH3 is 2. The van der Waals surface area contributed by atoms with Crippen LogP contribution in [-0.2, 0) is 16.1 Å². The summed E-state index contributed by atoms with van der Waals surface area (Å²) in [5.74, 6) is 1.89. The van der Waals surface area contributed by atoms with Crippen molar-refractivity contribution < 1.29 is 23.7 Å². The van der Waals surface area contributed by atoms with E-state index in [1.807, 2.05) is 29.2 Å². The van der Waals surface area contributed by atoms with Gasteiger partial charge in [-0.1, -0.05) is 18.2 Å². The lowest BCUT2D eigenvalue weighted by Gasteiger charge is -2.26. The van der Waals surface area contributed by atoms with Gasteiger partial charge in [0.2, 0.25) is 5.91 Å². The van der Waals surface area contributed by atoms with Crippen molar-refractivity contribution in [1.82, 2.24) is 4.90 Å². The lowest BCUT2D eigenvalue weighted by atomic mass is 10.1. The SMILES string of the molecule is COc1ccccc1CN(CC1CCCO1)C(=O)CCCOc1ccc(C#N)cc1OC. The number of hydrogen-bond donors (Lipinski definition) is 0. The molecule has 2 aromatic carbocycles. The fourth-order valence-corrected chi connectivity index (χ4v) is 3.75. The second-order valence-corrected chi connectivity index (χ2v) is 7.65. The summed E-state index contributed by atoms with van der Waals surface area (Å²) in [6.07, 6.45) is 3.00. The molecule has 1 amide bonds. The average Bonchev–Trinajstić information content (AvgIpc) is 3.34. The molecule has 0 radical (unpaired) electrons.